The molecular formula is C58H63N. The fourth-order valence-corrected chi connectivity index (χ4v) is 7.88. The van der Waals surface area contributed by atoms with Gasteiger partial charge in [-0.05, 0) is 109 Å². The summed E-state index contributed by atoms with van der Waals surface area (Å²) < 4.78 is 2.46. The first-order valence-corrected chi connectivity index (χ1v) is 21.3. The summed E-state index contributed by atoms with van der Waals surface area (Å²) >= 11 is 0. The number of aryl methyl sites for hydroxylation is 3. The van der Waals surface area contributed by atoms with Crippen LogP contribution < -0.4 is 10.6 Å². The molecule has 0 saturated heterocycles. The van der Waals surface area contributed by atoms with Gasteiger partial charge >= 0.3 is 0 Å². The molecule has 0 amide bonds. The second-order valence-electron chi connectivity index (χ2n) is 15.3. The molecule has 1 nitrogen and oxygen atoms in total. The highest BCUT2D eigenvalue weighted by Gasteiger charge is 2.35. The lowest BCUT2D eigenvalue weighted by Gasteiger charge is -2.21. The average molecular weight is 774 g/mol. The van der Waals surface area contributed by atoms with Crippen molar-refractivity contribution in [3.8, 4) is 27.9 Å². The van der Waals surface area contributed by atoms with Crippen LogP contribution in [0.2, 0.25) is 0 Å². The minimum Gasteiger partial charge on any atom is -0.310 e. The molecule has 0 atom stereocenters. The van der Waals surface area contributed by atoms with Crippen LogP contribution in [0.3, 0.4) is 0 Å². The molecule has 1 heterocycles. The molecule has 6 aromatic carbocycles. The van der Waals surface area contributed by atoms with E-state index < -0.39 is 0 Å². The summed E-state index contributed by atoms with van der Waals surface area (Å²) in [6, 6.07) is 50.8. The van der Waals surface area contributed by atoms with Gasteiger partial charge in [0, 0.05) is 27.1 Å². The van der Waals surface area contributed by atoms with E-state index in [1.54, 1.807) is 6.08 Å². The van der Waals surface area contributed by atoms with Crippen LogP contribution in [0.4, 0.5) is 0 Å². The van der Waals surface area contributed by atoms with Crippen LogP contribution in [-0.4, -0.2) is 4.57 Å². The predicted octanol–water partition coefficient (Wildman–Crippen LogP) is 14.8. The summed E-state index contributed by atoms with van der Waals surface area (Å²) in [5, 5.41) is 3.91. The highest BCUT2D eigenvalue weighted by atomic mass is 15.0. The van der Waals surface area contributed by atoms with Crippen LogP contribution in [0, 0.1) is 20.8 Å². The lowest BCUT2D eigenvalue weighted by atomic mass is 9.82. The molecule has 0 bridgehead atoms. The molecule has 1 aliphatic rings. The Labute approximate surface area is 355 Å². The molecule has 0 spiro atoms. The van der Waals surface area contributed by atoms with E-state index >= 15 is 0 Å². The maximum absolute atomic E-state index is 3.51. The van der Waals surface area contributed by atoms with Crippen LogP contribution in [-0.2, 0) is 11.8 Å². The Kier molecular flexibility index (Phi) is 15.6. The zero-order valence-corrected chi connectivity index (χ0v) is 36.9. The molecule has 0 unspecified atom stereocenters. The van der Waals surface area contributed by atoms with Gasteiger partial charge in [0.25, 0.3) is 0 Å². The van der Waals surface area contributed by atoms with Gasteiger partial charge in [0.2, 0.25) is 0 Å². The normalized spacial score (nSPS) is 12.9. The molecule has 1 aliphatic carbocycles. The van der Waals surface area contributed by atoms with Crippen LogP contribution in [0.25, 0.3) is 51.0 Å². The van der Waals surface area contributed by atoms with Crippen LogP contribution in [0.5, 0.6) is 0 Å². The third-order valence-corrected chi connectivity index (χ3v) is 11.0. The molecule has 8 rings (SSSR count). The summed E-state index contributed by atoms with van der Waals surface area (Å²) in [5.74, 6) is 0. The molecule has 0 fully saturated rings. The molecule has 1 aromatic heterocycles. The van der Waals surface area contributed by atoms with Crippen molar-refractivity contribution < 1.29 is 0 Å². The SMILES string of the molecule is C=C/C=C\C=C/C.CC.CC/C=c1\c(=C/Cc2ccc3c(c2)C(C)(C)c2ccccc2-3)c2c(-c3ccc(C)c(C)c3)cccc2n1-c1ccccc1.Cc1ccccc1. The number of para-hydroxylation sites is 1. The van der Waals surface area contributed by atoms with Crippen molar-refractivity contribution in [3.63, 3.8) is 0 Å². The zero-order valence-electron chi connectivity index (χ0n) is 36.9. The second kappa shape index (κ2) is 21.0. The van der Waals surface area contributed by atoms with Crippen molar-refractivity contribution in [1.82, 2.24) is 4.57 Å². The molecular weight excluding hydrogens is 711 g/mol. The molecule has 300 valence electrons. The highest BCUT2D eigenvalue weighted by Crippen LogP contribution is 2.48. The van der Waals surface area contributed by atoms with Crippen molar-refractivity contribution in [2.24, 2.45) is 0 Å². The number of rotatable bonds is 7. The van der Waals surface area contributed by atoms with Crippen molar-refractivity contribution in [3.05, 3.63) is 220 Å². The Morgan fingerprint density at radius 3 is 1.92 bits per heavy atom. The second-order valence-corrected chi connectivity index (χ2v) is 15.3. The van der Waals surface area contributed by atoms with Crippen molar-refractivity contribution in [1.29, 1.82) is 0 Å². The maximum Gasteiger partial charge on any atom is 0.0547 e. The van der Waals surface area contributed by atoms with Crippen molar-refractivity contribution in [2.45, 2.75) is 80.6 Å². The van der Waals surface area contributed by atoms with E-state index in [2.05, 4.69) is 186 Å². The minimum atomic E-state index is 0.00287. The van der Waals surface area contributed by atoms with Crippen LogP contribution in [0.1, 0.15) is 81.3 Å². The van der Waals surface area contributed by atoms with Gasteiger partial charge in [-0.3, -0.25) is 0 Å². The number of hydrogen-bond acceptors (Lipinski definition) is 0. The van der Waals surface area contributed by atoms with E-state index in [0.717, 1.165) is 12.8 Å². The van der Waals surface area contributed by atoms with Gasteiger partial charge in [-0.25, -0.2) is 0 Å². The fourth-order valence-electron chi connectivity index (χ4n) is 7.88. The third kappa shape index (κ3) is 10.1. The largest absolute Gasteiger partial charge is 0.310 e. The van der Waals surface area contributed by atoms with Gasteiger partial charge in [0.15, 0.2) is 0 Å². The summed E-state index contributed by atoms with van der Waals surface area (Å²) in [5.41, 5.74) is 15.9. The number of allylic oxidation sites excluding steroid dienone is 5. The monoisotopic (exact) mass is 773 g/mol. The van der Waals surface area contributed by atoms with Gasteiger partial charge < -0.3 is 4.57 Å². The van der Waals surface area contributed by atoms with E-state index in [1.807, 2.05) is 63.3 Å². The van der Waals surface area contributed by atoms with Crippen LogP contribution in [0.15, 0.2) is 176 Å². The van der Waals surface area contributed by atoms with Gasteiger partial charge in [-0.1, -0.05) is 211 Å². The summed E-state index contributed by atoms with van der Waals surface area (Å²) in [6.45, 7) is 22.9. The first-order valence-electron chi connectivity index (χ1n) is 21.3. The zero-order chi connectivity index (χ0) is 42.4. The van der Waals surface area contributed by atoms with Gasteiger partial charge in [-0.15, -0.1) is 0 Å². The molecule has 0 saturated carbocycles. The quantitative estimate of drug-likeness (QED) is 0.142. The molecule has 59 heavy (non-hydrogen) atoms. The Hall–Kier alpha value is -6.18. The minimum absolute atomic E-state index is 0.00287. The number of hydrogen-bond donors (Lipinski definition) is 0. The molecule has 7 aromatic rings. The topological polar surface area (TPSA) is 4.93 Å². The Balaban J connectivity index is 0.000000350. The van der Waals surface area contributed by atoms with Gasteiger partial charge in [0.1, 0.15) is 0 Å². The standard InChI is InChI=1S/C42H39N.C7H8.C7H10.C2H6/c1-6-13-39-36(25-22-30-21-24-35-34-16-10-11-18-37(34)42(4,5)38(35)27-30)41-33(31-23-20-28(2)29(3)26-31)17-12-19-40(41)43(39)32-14-8-7-9-15-32;1-7-5-3-2-4-6-7;1-3-5-7-6-4-2;1-2/h7-21,23-27H,6,22H2,1-5H3;2-6H,1H3;3-7H,1H2,2H3;1-2H3/b36-25+,39-13+;;6-4-,7-5-;. The first kappa shape index (κ1) is 43.9. The fraction of sp³-hybridized carbons (Fsp3) is 0.207. The predicted molar refractivity (Wildman–Crippen MR) is 261 cm³/mol. The van der Waals surface area contributed by atoms with Crippen LogP contribution >= 0.6 is 0 Å². The van der Waals surface area contributed by atoms with E-state index in [-0.39, 0.29) is 5.41 Å². The molecule has 1 heteroatoms. The molecule has 0 N–H and O–H groups in total. The number of benzene rings is 6. The van der Waals surface area contributed by atoms with Gasteiger partial charge in [-0.2, -0.15) is 0 Å². The maximum atomic E-state index is 3.51. The Morgan fingerprint density at radius 2 is 1.27 bits per heavy atom. The lowest BCUT2D eigenvalue weighted by molar-refractivity contribution is 0.659. The summed E-state index contributed by atoms with van der Waals surface area (Å²) in [6.07, 6.45) is 16.2. The Morgan fingerprint density at radius 1 is 0.610 bits per heavy atom. The molecule has 0 radical (unpaired) electrons. The van der Waals surface area contributed by atoms with Crippen molar-refractivity contribution in [2.75, 3.05) is 0 Å². The third-order valence-electron chi connectivity index (χ3n) is 11.0. The van der Waals surface area contributed by atoms with E-state index in [9.17, 15) is 0 Å². The smallest absolute Gasteiger partial charge is 0.0547 e. The summed E-state index contributed by atoms with van der Waals surface area (Å²) in [4.78, 5) is 0. The Bertz CT molecular complexity index is 2650. The summed E-state index contributed by atoms with van der Waals surface area (Å²) in [7, 11) is 0. The first-order chi connectivity index (χ1) is 28.7. The number of fused-ring (bicyclic) bond motifs is 4. The lowest BCUT2D eigenvalue weighted by Crippen LogP contribution is -2.28. The van der Waals surface area contributed by atoms with E-state index in [1.165, 1.54) is 82.8 Å². The van der Waals surface area contributed by atoms with Crippen molar-refractivity contribution >= 4 is 23.1 Å². The van der Waals surface area contributed by atoms with E-state index in [4.69, 9.17) is 0 Å². The molecule has 0 aliphatic heterocycles. The highest BCUT2D eigenvalue weighted by molar-refractivity contribution is 5.97. The number of nitrogens with zero attached hydrogens (tertiary/aromatic N) is 1. The average Bonchev–Trinajstić information content (AvgIpc) is 3.70. The number of aromatic nitrogens is 1. The van der Waals surface area contributed by atoms with Gasteiger partial charge in [0.05, 0.1) is 5.52 Å². The van der Waals surface area contributed by atoms with E-state index in [0.29, 0.717) is 0 Å².